The van der Waals surface area contributed by atoms with Gasteiger partial charge in [-0.1, -0.05) is 72.3 Å². The van der Waals surface area contributed by atoms with Crippen LogP contribution in [0.3, 0.4) is 0 Å². The van der Waals surface area contributed by atoms with Gasteiger partial charge in [-0.15, -0.1) is 0 Å². The first-order valence-corrected chi connectivity index (χ1v) is 10.9. The van der Waals surface area contributed by atoms with Crippen LogP contribution >= 0.6 is 11.6 Å². The van der Waals surface area contributed by atoms with Crippen molar-refractivity contribution in [1.29, 1.82) is 0 Å². The summed E-state index contributed by atoms with van der Waals surface area (Å²) in [4.78, 5) is 0. The third kappa shape index (κ3) is 3.03. The van der Waals surface area contributed by atoms with Crippen LogP contribution in [0.1, 0.15) is 23.8 Å². The second-order valence-corrected chi connectivity index (χ2v) is 8.44. The molecule has 0 radical (unpaired) electrons. The predicted molar refractivity (Wildman–Crippen MR) is 132 cm³/mol. The molecule has 1 atom stereocenters. The van der Waals surface area contributed by atoms with Crippen LogP contribution in [0.5, 0.6) is 0 Å². The molecule has 1 aliphatic rings. The fourth-order valence-corrected chi connectivity index (χ4v) is 4.64. The number of hydrogen-bond donors (Lipinski definition) is 1. The number of nitrogens with two attached hydrogens (primary N) is 1. The number of para-hydroxylation sites is 1. The van der Waals surface area contributed by atoms with Gasteiger partial charge in [0.15, 0.2) is 5.76 Å². The normalized spacial score (nSPS) is 16.1. The molecular formula is C27H20ClN3O. The molecule has 0 aliphatic carbocycles. The van der Waals surface area contributed by atoms with E-state index in [2.05, 4.69) is 42.5 Å². The summed E-state index contributed by atoms with van der Waals surface area (Å²) < 4.78 is 6.27. The van der Waals surface area contributed by atoms with Gasteiger partial charge < -0.3 is 10.2 Å². The predicted octanol–water partition coefficient (Wildman–Crippen LogP) is 7.18. The highest BCUT2D eigenvalue weighted by atomic mass is 35.5. The summed E-state index contributed by atoms with van der Waals surface area (Å²) in [5.74, 6) is 0.647. The van der Waals surface area contributed by atoms with Crippen LogP contribution in [0.15, 0.2) is 101 Å². The summed E-state index contributed by atoms with van der Waals surface area (Å²) in [5.41, 5.74) is 11.1. The number of hydrazone groups is 1. The summed E-state index contributed by atoms with van der Waals surface area (Å²) in [6.07, 6.45) is 0.679. The van der Waals surface area contributed by atoms with Crippen LogP contribution in [0, 0.1) is 0 Å². The van der Waals surface area contributed by atoms with E-state index in [4.69, 9.17) is 26.9 Å². The zero-order valence-corrected chi connectivity index (χ0v) is 18.0. The van der Waals surface area contributed by atoms with E-state index < -0.39 is 0 Å². The Hall–Kier alpha value is -3.76. The summed E-state index contributed by atoms with van der Waals surface area (Å²) >= 11 is 6.14. The first kappa shape index (κ1) is 19.0. The van der Waals surface area contributed by atoms with Crippen molar-refractivity contribution in [1.82, 2.24) is 0 Å². The molecule has 0 saturated carbocycles. The third-order valence-electron chi connectivity index (χ3n) is 6.06. The first-order chi connectivity index (χ1) is 15.7. The van der Waals surface area contributed by atoms with Crippen molar-refractivity contribution in [2.24, 2.45) is 5.10 Å². The number of nitrogens with zero attached hydrogens (tertiary/aromatic N) is 2. The van der Waals surface area contributed by atoms with E-state index >= 15 is 0 Å². The molecule has 156 valence electrons. The smallest absolute Gasteiger partial charge is 0.174 e. The molecule has 6 rings (SSSR count). The van der Waals surface area contributed by atoms with Gasteiger partial charge in [-0.2, -0.15) is 5.10 Å². The van der Waals surface area contributed by atoms with Gasteiger partial charge in [0.25, 0.3) is 0 Å². The van der Waals surface area contributed by atoms with Gasteiger partial charge in [0.2, 0.25) is 0 Å². The minimum atomic E-state index is 0.0222. The molecule has 2 heterocycles. The van der Waals surface area contributed by atoms with Gasteiger partial charge in [-0.25, -0.2) is 0 Å². The van der Waals surface area contributed by atoms with Crippen LogP contribution in [0.25, 0.3) is 21.7 Å². The first-order valence-electron chi connectivity index (χ1n) is 10.6. The molecule has 0 spiro atoms. The molecule has 1 aromatic heterocycles. The lowest BCUT2D eigenvalue weighted by atomic mass is 9.99. The largest absolute Gasteiger partial charge is 0.452 e. The fourth-order valence-electron chi connectivity index (χ4n) is 4.52. The molecule has 0 fully saturated rings. The SMILES string of the molecule is Nc1c(C2=NN(c3ccccc3)C(c3ccc(Cl)cc3)C2)oc2ccc3ccccc3c12. The number of furan rings is 1. The highest BCUT2D eigenvalue weighted by molar-refractivity contribution is 6.30. The lowest BCUT2D eigenvalue weighted by Gasteiger charge is -2.24. The highest BCUT2D eigenvalue weighted by Crippen LogP contribution is 2.41. The zero-order chi connectivity index (χ0) is 21.7. The molecule has 4 aromatic carbocycles. The molecule has 4 nitrogen and oxygen atoms in total. The Morgan fingerprint density at radius 3 is 2.44 bits per heavy atom. The second-order valence-electron chi connectivity index (χ2n) is 8.00. The van der Waals surface area contributed by atoms with Crippen LogP contribution < -0.4 is 10.7 Å². The Balaban J connectivity index is 1.49. The van der Waals surface area contributed by atoms with Crippen molar-refractivity contribution in [2.45, 2.75) is 12.5 Å². The Morgan fingerprint density at radius 2 is 1.62 bits per heavy atom. The molecule has 0 amide bonds. The van der Waals surface area contributed by atoms with Crippen molar-refractivity contribution < 1.29 is 4.42 Å². The summed E-state index contributed by atoms with van der Waals surface area (Å²) in [6, 6.07) is 30.4. The van der Waals surface area contributed by atoms with Gasteiger partial charge in [0.1, 0.15) is 11.3 Å². The molecule has 32 heavy (non-hydrogen) atoms. The summed E-state index contributed by atoms with van der Waals surface area (Å²) in [6.45, 7) is 0. The lowest BCUT2D eigenvalue weighted by molar-refractivity contribution is 0.604. The Bertz CT molecular complexity index is 1470. The molecule has 1 unspecified atom stereocenters. The molecule has 5 aromatic rings. The highest BCUT2D eigenvalue weighted by Gasteiger charge is 2.33. The zero-order valence-electron chi connectivity index (χ0n) is 17.2. The Kier molecular flexibility index (Phi) is 4.40. The van der Waals surface area contributed by atoms with Crippen molar-refractivity contribution in [3.05, 3.63) is 107 Å². The molecule has 0 saturated heterocycles. The maximum Gasteiger partial charge on any atom is 0.174 e. The fraction of sp³-hybridized carbons (Fsp3) is 0.0741. The van der Waals surface area contributed by atoms with E-state index in [9.17, 15) is 0 Å². The van der Waals surface area contributed by atoms with Gasteiger partial charge in [-0.05, 0) is 46.7 Å². The van der Waals surface area contributed by atoms with Crippen LogP contribution in [0.4, 0.5) is 11.4 Å². The number of rotatable bonds is 3. The van der Waals surface area contributed by atoms with Crippen LogP contribution in [-0.4, -0.2) is 5.71 Å². The minimum absolute atomic E-state index is 0.0222. The maximum atomic E-state index is 6.66. The van der Waals surface area contributed by atoms with E-state index in [-0.39, 0.29) is 6.04 Å². The van der Waals surface area contributed by atoms with E-state index in [0.717, 1.165) is 38.7 Å². The van der Waals surface area contributed by atoms with Gasteiger partial charge in [-0.3, -0.25) is 5.01 Å². The topological polar surface area (TPSA) is 54.8 Å². The van der Waals surface area contributed by atoms with Crippen LogP contribution in [0.2, 0.25) is 5.02 Å². The van der Waals surface area contributed by atoms with Crippen molar-refractivity contribution >= 4 is 50.4 Å². The Labute approximate surface area is 190 Å². The molecule has 0 bridgehead atoms. The number of anilines is 2. The van der Waals surface area contributed by atoms with Crippen LogP contribution in [-0.2, 0) is 0 Å². The molecule has 1 aliphatic heterocycles. The number of halogens is 1. The van der Waals surface area contributed by atoms with E-state index in [0.29, 0.717) is 22.9 Å². The average Bonchev–Trinajstić information content (AvgIpc) is 3.42. The molecule has 5 heteroatoms. The van der Waals surface area contributed by atoms with Crippen molar-refractivity contribution in [3.8, 4) is 0 Å². The second kappa shape index (κ2) is 7.43. The van der Waals surface area contributed by atoms with Gasteiger partial charge >= 0.3 is 0 Å². The van der Waals surface area contributed by atoms with E-state index in [1.54, 1.807) is 0 Å². The quantitative estimate of drug-likeness (QED) is 0.325. The monoisotopic (exact) mass is 437 g/mol. The number of nitrogen functional groups attached to an aromatic ring is 1. The van der Waals surface area contributed by atoms with E-state index in [1.165, 1.54) is 0 Å². The van der Waals surface area contributed by atoms with Crippen molar-refractivity contribution in [2.75, 3.05) is 10.7 Å². The summed E-state index contributed by atoms with van der Waals surface area (Å²) in [7, 11) is 0. The van der Waals surface area contributed by atoms with Gasteiger partial charge in [0, 0.05) is 11.4 Å². The number of hydrogen-bond acceptors (Lipinski definition) is 4. The number of benzene rings is 4. The standard InChI is InChI=1S/C27H20ClN3O/c28-19-13-10-18(11-14-19)23-16-22(30-31(23)20-7-2-1-3-8-20)27-26(29)25-21-9-5-4-6-17(21)12-15-24(25)32-27/h1-15,23H,16,29H2. The molecule has 2 N–H and O–H groups in total. The molecular weight excluding hydrogens is 418 g/mol. The Morgan fingerprint density at radius 1 is 0.875 bits per heavy atom. The van der Waals surface area contributed by atoms with E-state index in [1.807, 2.05) is 53.5 Å². The summed E-state index contributed by atoms with van der Waals surface area (Å²) in [5, 5.41) is 10.9. The lowest BCUT2D eigenvalue weighted by Crippen LogP contribution is -2.18. The maximum absolute atomic E-state index is 6.66. The average molecular weight is 438 g/mol. The minimum Gasteiger partial charge on any atom is -0.452 e. The number of fused-ring (bicyclic) bond motifs is 3. The van der Waals surface area contributed by atoms with Gasteiger partial charge in [0.05, 0.1) is 22.8 Å². The van der Waals surface area contributed by atoms with Crippen molar-refractivity contribution in [3.63, 3.8) is 0 Å². The third-order valence-corrected chi connectivity index (χ3v) is 6.32.